The third-order valence-corrected chi connectivity index (χ3v) is 6.64. The highest BCUT2D eigenvalue weighted by atomic mass is 15.3. The Balaban J connectivity index is 2.82. The van der Waals surface area contributed by atoms with Gasteiger partial charge < -0.3 is 9.88 Å². The summed E-state index contributed by atoms with van der Waals surface area (Å²) in [6, 6.07) is 0.292. The van der Waals surface area contributed by atoms with E-state index in [1.54, 1.807) is 0 Å². The van der Waals surface area contributed by atoms with Gasteiger partial charge in [-0.2, -0.15) is 0 Å². The lowest BCUT2D eigenvalue weighted by Gasteiger charge is -2.55. The predicted octanol–water partition coefficient (Wildman–Crippen LogP) is 8.37. The van der Waals surface area contributed by atoms with Crippen LogP contribution in [0.15, 0.2) is 12.4 Å². The average molecular weight is 457 g/mol. The molecular weight excluding hydrogens is 404 g/mol. The van der Waals surface area contributed by atoms with Crippen molar-refractivity contribution in [2.45, 2.75) is 127 Å². The molecule has 2 aromatic rings. The van der Waals surface area contributed by atoms with Crippen LogP contribution in [-0.4, -0.2) is 26.5 Å². The van der Waals surface area contributed by atoms with Crippen LogP contribution in [0.5, 0.6) is 0 Å². The number of aromatic amines is 1. The largest absolute Gasteiger partial charge is 0.347 e. The quantitative estimate of drug-likeness (QED) is 0.502. The first kappa shape index (κ1) is 27.7. The number of H-pyrrole nitrogens is 1. The summed E-state index contributed by atoms with van der Waals surface area (Å²) in [5.74, 6) is 1.45. The lowest BCUT2D eigenvalue weighted by molar-refractivity contribution is 0.0721. The molecule has 2 atom stereocenters. The highest BCUT2D eigenvalue weighted by Crippen LogP contribution is 2.48. The molecule has 0 aromatic carbocycles. The van der Waals surface area contributed by atoms with E-state index in [1.165, 1.54) is 5.56 Å². The maximum atomic E-state index is 5.30. The first-order chi connectivity index (χ1) is 14.5. The summed E-state index contributed by atoms with van der Waals surface area (Å²) in [5, 5.41) is 0. The van der Waals surface area contributed by atoms with Crippen molar-refractivity contribution in [3.05, 3.63) is 18.0 Å². The Kier molecular flexibility index (Phi) is 7.19. The number of aromatic nitrogens is 3. The predicted molar refractivity (Wildman–Crippen MR) is 145 cm³/mol. The number of hydrogen-bond donors (Lipinski definition) is 1. The first-order valence-corrected chi connectivity index (χ1v) is 12.7. The van der Waals surface area contributed by atoms with Gasteiger partial charge in [-0.1, -0.05) is 83.1 Å². The number of anilines is 1. The van der Waals surface area contributed by atoms with E-state index < -0.39 is 0 Å². The lowest BCUT2D eigenvalue weighted by Crippen LogP contribution is -2.59. The Morgan fingerprint density at radius 2 is 1.36 bits per heavy atom. The summed E-state index contributed by atoms with van der Waals surface area (Å²) < 4.78 is 0. The van der Waals surface area contributed by atoms with Gasteiger partial charge in [-0.3, -0.25) is 0 Å². The van der Waals surface area contributed by atoms with Crippen molar-refractivity contribution in [2.24, 2.45) is 22.2 Å². The van der Waals surface area contributed by atoms with Gasteiger partial charge in [0.1, 0.15) is 11.3 Å². The zero-order valence-electron chi connectivity index (χ0n) is 24.4. The van der Waals surface area contributed by atoms with Crippen LogP contribution < -0.4 is 4.90 Å². The molecule has 0 aliphatic heterocycles. The molecule has 33 heavy (non-hydrogen) atoms. The Labute approximate surface area is 204 Å². The van der Waals surface area contributed by atoms with E-state index in [1.807, 2.05) is 6.20 Å². The van der Waals surface area contributed by atoms with Crippen LogP contribution >= 0.6 is 0 Å². The zero-order chi connectivity index (χ0) is 25.8. The van der Waals surface area contributed by atoms with Gasteiger partial charge in [0.2, 0.25) is 0 Å². The first-order valence-electron chi connectivity index (χ1n) is 12.7. The van der Waals surface area contributed by atoms with Crippen LogP contribution in [0.1, 0.15) is 116 Å². The molecular formula is C29H52N4. The molecule has 0 saturated carbocycles. The van der Waals surface area contributed by atoms with Crippen molar-refractivity contribution in [1.82, 2.24) is 15.0 Å². The number of fused-ring (bicyclic) bond motifs is 1. The molecule has 0 radical (unpaired) electrons. The molecule has 0 amide bonds. The van der Waals surface area contributed by atoms with E-state index >= 15 is 0 Å². The number of nitrogens with zero attached hydrogens (tertiary/aromatic N) is 3. The van der Waals surface area contributed by atoms with E-state index in [0.29, 0.717) is 12.0 Å². The molecule has 2 aromatic heterocycles. The minimum Gasteiger partial charge on any atom is -0.347 e. The van der Waals surface area contributed by atoms with E-state index in [9.17, 15) is 0 Å². The van der Waals surface area contributed by atoms with E-state index in [4.69, 9.17) is 9.97 Å². The van der Waals surface area contributed by atoms with Crippen LogP contribution in [0.3, 0.4) is 0 Å². The summed E-state index contributed by atoms with van der Waals surface area (Å²) in [6.07, 6.45) is 5.21. The van der Waals surface area contributed by atoms with Crippen molar-refractivity contribution in [3.63, 3.8) is 0 Å². The van der Waals surface area contributed by atoms with Gasteiger partial charge in [-0.15, -0.1) is 0 Å². The smallest absolute Gasteiger partial charge is 0.156 e. The molecule has 0 saturated heterocycles. The second-order valence-electron chi connectivity index (χ2n) is 15.5. The standard InChI is InChI=1S/C29H52N4/c1-25(2,3)16-19(26(4,5)6)23(28(10,11)12)33(29(13,14)15)21-18-31-24-22(32-21)20(17-30-24)27(7,8)9/h17-19,23H,16H2,1-15H3,(H,30,31). The van der Waals surface area contributed by atoms with Gasteiger partial charge in [-0.25, -0.2) is 9.97 Å². The number of hydrogen-bond acceptors (Lipinski definition) is 3. The van der Waals surface area contributed by atoms with Crippen LogP contribution in [0.25, 0.3) is 11.2 Å². The van der Waals surface area contributed by atoms with Crippen molar-refractivity contribution < 1.29 is 0 Å². The van der Waals surface area contributed by atoms with Gasteiger partial charge in [0.25, 0.3) is 0 Å². The second-order valence-corrected chi connectivity index (χ2v) is 15.5. The third kappa shape index (κ3) is 6.51. The molecule has 2 unspecified atom stereocenters. The fourth-order valence-electron chi connectivity index (χ4n) is 5.20. The number of rotatable bonds is 4. The molecule has 188 valence electrons. The molecule has 4 heteroatoms. The fraction of sp³-hybridized carbons (Fsp3) is 0.793. The minimum atomic E-state index is -0.111. The van der Waals surface area contributed by atoms with Crippen molar-refractivity contribution in [1.29, 1.82) is 0 Å². The topological polar surface area (TPSA) is 44.8 Å². The zero-order valence-corrected chi connectivity index (χ0v) is 24.4. The Morgan fingerprint density at radius 1 is 0.818 bits per heavy atom. The SMILES string of the molecule is CC(C)(C)CC(C(N(c1cnc2[nH]cc(C(C)(C)C)c2n1)C(C)(C)C)C(C)(C)C)C(C)(C)C. The van der Waals surface area contributed by atoms with E-state index in [2.05, 4.69) is 120 Å². The van der Waals surface area contributed by atoms with Crippen LogP contribution in [-0.2, 0) is 5.41 Å². The van der Waals surface area contributed by atoms with Gasteiger partial charge in [0, 0.05) is 23.3 Å². The average Bonchev–Trinajstić information content (AvgIpc) is 2.97. The van der Waals surface area contributed by atoms with Crippen molar-refractivity contribution in [3.8, 4) is 0 Å². The highest BCUT2D eigenvalue weighted by molar-refractivity contribution is 5.78. The summed E-state index contributed by atoms with van der Waals surface area (Å²) >= 11 is 0. The van der Waals surface area contributed by atoms with Crippen LogP contribution in [0, 0.1) is 22.2 Å². The summed E-state index contributed by atoms with van der Waals surface area (Å²) in [7, 11) is 0. The maximum absolute atomic E-state index is 5.30. The molecule has 0 bridgehead atoms. The molecule has 2 heterocycles. The Morgan fingerprint density at radius 3 is 1.76 bits per heavy atom. The van der Waals surface area contributed by atoms with Crippen molar-refractivity contribution >= 4 is 17.0 Å². The summed E-state index contributed by atoms with van der Waals surface area (Å²) in [5.41, 5.74) is 3.41. The molecule has 0 spiro atoms. The van der Waals surface area contributed by atoms with E-state index in [0.717, 1.165) is 23.4 Å². The lowest BCUT2D eigenvalue weighted by atomic mass is 9.62. The molecule has 0 aliphatic rings. The van der Waals surface area contributed by atoms with Gasteiger partial charge in [0.15, 0.2) is 5.65 Å². The minimum absolute atomic E-state index is 0.00171. The summed E-state index contributed by atoms with van der Waals surface area (Å²) in [4.78, 5) is 16.1. The molecule has 4 nitrogen and oxygen atoms in total. The van der Waals surface area contributed by atoms with Crippen molar-refractivity contribution in [2.75, 3.05) is 4.90 Å². The molecule has 2 rings (SSSR count). The molecule has 0 fully saturated rings. The van der Waals surface area contributed by atoms with Crippen LogP contribution in [0.2, 0.25) is 0 Å². The van der Waals surface area contributed by atoms with Crippen LogP contribution in [0.4, 0.5) is 5.82 Å². The fourth-order valence-corrected chi connectivity index (χ4v) is 5.20. The maximum Gasteiger partial charge on any atom is 0.156 e. The normalized spacial score (nSPS) is 16.2. The van der Waals surface area contributed by atoms with Gasteiger partial charge in [0.05, 0.1) is 6.20 Å². The molecule has 1 N–H and O–H groups in total. The monoisotopic (exact) mass is 456 g/mol. The van der Waals surface area contributed by atoms with Gasteiger partial charge in [-0.05, 0) is 54.8 Å². The second kappa shape index (κ2) is 8.57. The third-order valence-electron chi connectivity index (χ3n) is 6.64. The van der Waals surface area contributed by atoms with E-state index in [-0.39, 0.29) is 27.2 Å². The Bertz CT molecular complexity index is 934. The highest BCUT2D eigenvalue weighted by Gasteiger charge is 2.47. The Hall–Kier alpha value is -1.58. The summed E-state index contributed by atoms with van der Waals surface area (Å²) in [6.45, 7) is 35.2. The number of nitrogens with one attached hydrogen (secondary N) is 1. The molecule has 0 aliphatic carbocycles. The van der Waals surface area contributed by atoms with Gasteiger partial charge >= 0.3 is 0 Å².